The minimum absolute atomic E-state index is 0.0245. The number of nitrogens with one attached hydrogen (secondary N) is 1. The number of hydrogen-bond acceptors (Lipinski definition) is 20. The quantitative estimate of drug-likeness (QED) is 0.0231. The van der Waals surface area contributed by atoms with Crippen molar-refractivity contribution in [2.45, 2.75) is 50.3 Å². The molecule has 0 unspecified atom stereocenters. The van der Waals surface area contributed by atoms with E-state index in [-0.39, 0.29) is 86.2 Å². The van der Waals surface area contributed by atoms with E-state index in [1.165, 1.54) is 35.2 Å². The first kappa shape index (κ1) is 52.9. The minimum Gasteiger partial charge on any atom is -0.493 e. The third-order valence-electron chi connectivity index (χ3n) is 11.0. The third-order valence-corrected chi connectivity index (χ3v) is 15.6. The van der Waals surface area contributed by atoms with Gasteiger partial charge in [-0.3, -0.25) is 22.9 Å². The molecule has 3 heterocycles. The van der Waals surface area contributed by atoms with Gasteiger partial charge in [-0.25, -0.2) is 9.97 Å². The van der Waals surface area contributed by atoms with Gasteiger partial charge < -0.3 is 15.2 Å². The van der Waals surface area contributed by atoms with E-state index < -0.39 is 47.7 Å². The van der Waals surface area contributed by atoms with Crippen molar-refractivity contribution in [2.75, 3.05) is 29.2 Å². The lowest BCUT2D eigenvalue weighted by Crippen LogP contribution is -2.08. The number of aromatic nitrogens is 3. The van der Waals surface area contributed by atoms with Crippen LogP contribution in [0.15, 0.2) is 113 Å². The molecule has 3 aromatic heterocycles. The second-order valence-corrected chi connectivity index (χ2v) is 23.1. The van der Waals surface area contributed by atoms with Crippen LogP contribution in [0.5, 0.6) is 11.6 Å². The zero-order valence-electron chi connectivity index (χ0n) is 39.2. The molecule has 28 heteroatoms. The molecule has 0 saturated heterocycles. The molecule has 0 aliphatic heterocycles. The number of thioether (sulfide) groups is 1. The Bertz CT molecular complexity index is 4100. The fourth-order valence-electron chi connectivity index (χ4n) is 7.58. The number of anilines is 1. The van der Waals surface area contributed by atoms with Crippen molar-refractivity contribution in [1.82, 2.24) is 14.4 Å². The molecule has 0 saturated carbocycles. The van der Waals surface area contributed by atoms with Crippen molar-refractivity contribution in [3.8, 4) is 17.7 Å². The van der Waals surface area contributed by atoms with E-state index in [1.54, 1.807) is 81.4 Å². The lowest BCUT2D eigenvalue weighted by atomic mass is 10.1. The predicted molar refractivity (Wildman–Crippen MR) is 278 cm³/mol. The zero-order chi connectivity index (χ0) is 53.3. The molecule has 1 amide bonds. The van der Waals surface area contributed by atoms with Crippen molar-refractivity contribution < 1.29 is 53.5 Å². The van der Waals surface area contributed by atoms with Gasteiger partial charge in [-0.15, -0.1) is 37.3 Å². The number of azo groups is 3. The number of thiazole rings is 1. The monoisotopic (exact) mass is 1100 g/mol. The molecule has 0 bridgehead atoms. The van der Waals surface area contributed by atoms with E-state index in [0.717, 1.165) is 11.3 Å². The van der Waals surface area contributed by atoms with Gasteiger partial charge in [0.1, 0.15) is 33.5 Å². The molecule has 382 valence electrons. The predicted octanol–water partition coefficient (Wildman–Crippen LogP) is 11.2. The molecule has 8 aromatic rings. The van der Waals surface area contributed by atoms with E-state index in [4.69, 9.17) is 4.74 Å². The van der Waals surface area contributed by atoms with Gasteiger partial charge in [0, 0.05) is 34.5 Å². The van der Waals surface area contributed by atoms with Gasteiger partial charge in [-0.1, -0.05) is 35.6 Å². The Labute approximate surface area is 430 Å². The molecule has 0 aliphatic rings. The highest BCUT2D eigenvalue weighted by atomic mass is 32.2. The molecular weight excluding hydrogens is 1060 g/mol. The highest BCUT2D eigenvalue weighted by molar-refractivity contribution is 7.99. The number of carbonyl (C=O) groups is 1. The number of hydrogen-bond donors (Lipinski definition) is 5. The number of fused-ring (bicyclic) bond motifs is 6. The first-order valence-corrected chi connectivity index (χ1v) is 28.3. The first-order valence-electron chi connectivity index (χ1n) is 21.8. The fourth-order valence-corrected chi connectivity index (χ4v) is 11.4. The summed E-state index contributed by atoms with van der Waals surface area (Å²) in [7, 11) is -13.2. The molecule has 74 heavy (non-hydrogen) atoms. The molecule has 5 aromatic carbocycles. The Morgan fingerprint density at radius 1 is 0.811 bits per heavy atom. The van der Waals surface area contributed by atoms with E-state index in [0.29, 0.717) is 59.6 Å². The number of benzene rings is 5. The van der Waals surface area contributed by atoms with Crippen LogP contribution in [0.4, 0.5) is 39.3 Å². The number of rotatable bonds is 18. The summed E-state index contributed by atoms with van der Waals surface area (Å²) in [6.07, 6.45) is -0.0567. The topological polar surface area (TPSA) is 350 Å². The number of nitriles is 1. The van der Waals surface area contributed by atoms with Gasteiger partial charge in [-0.05, 0) is 98.3 Å². The third kappa shape index (κ3) is 12.0. The van der Waals surface area contributed by atoms with Crippen LogP contribution in [0.2, 0.25) is 0 Å². The van der Waals surface area contributed by atoms with E-state index in [2.05, 4.69) is 52.0 Å². The van der Waals surface area contributed by atoms with Crippen molar-refractivity contribution in [3.63, 3.8) is 0 Å². The van der Waals surface area contributed by atoms with Crippen molar-refractivity contribution >= 4 is 136 Å². The Morgan fingerprint density at radius 2 is 1.47 bits per heavy atom. The number of pyridine rings is 1. The standard InChI is InChI=1S/C46H41N11O12S5/c1-24-17-35(53-55-41-26(3)31(23-47)44-49-34-20-29(48-27(4)58)11-12-37(34)57(44)45(41)59)38(69-13-7-15-72(60,61)62)21-32(24)51-54-36-18-25(2)33(22-39(36)70-14-8-16-73(63,64)65)52-56-46-50-42-40(74(66,67)68)19-28-9-5-6-10-30(28)43(42)71-46/h5-6,9-12,17-22,59H,7-8,13-16H2,1-4H3,(H,48,58)(H,60,61,62)(H,63,64,65)(H,66,67,68). The molecule has 0 fully saturated rings. The van der Waals surface area contributed by atoms with Crippen LogP contribution in [0.1, 0.15) is 42.0 Å². The van der Waals surface area contributed by atoms with Crippen LogP contribution in [0, 0.1) is 32.1 Å². The Morgan fingerprint density at radius 3 is 2.18 bits per heavy atom. The normalized spacial score (nSPS) is 12.6. The summed E-state index contributed by atoms with van der Waals surface area (Å²) < 4.78 is 107. The van der Waals surface area contributed by atoms with Crippen molar-refractivity contribution in [2.24, 2.45) is 30.7 Å². The van der Waals surface area contributed by atoms with Crippen LogP contribution in [0.3, 0.4) is 0 Å². The maximum atomic E-state index is 12.4. The maximum Gasteiger partial charge on any atom is 0.296 e. The van der Waals surface area contributed by atoms with Crippen LogP contribution in [-0.4, -0.2) is 88.2 Å². The average molecular weight is 1100 g/mol. The van der Waals surface area contributed by atoms with Gasteiger partial charge in [0.15, 0.2) is 11.3 Å². The van der Waals surface area contributed by atoms with E-state index in [1.807, 2.05) is 0 Å². The van der Waals surface area contributed by atoms with Crippen LogP contribution >= 0.6 is 23.1 Å². The number of ether oxygens (including phenoxy) is 1. The van der Waals surface area contributed by atoms with Gasteiger partial charge in [0.05, 0.1) is 50.9 Å². The summed E-state index contributed by atoms with van der Waals surface area (Å²) in [6, 6.07) is 21.6. The Kier molecular flexibility index (Phi) is 15.2. The second-order valence-electron chi connectivity index (χ2n) is 16.5. The summed E-state index contributed by atoms with van der Waals surface area (Å²) in [5.74, 6) is -1.57. The zero-order valence-corrected chi connectivity index (χ0v) is 43.3. The molecule has 8 rings (SSSR count). The number of imidazole rings is 1. The number of carbonyl (C=O) groups excluding carboxylic acids is 1. The van der Waals surface area contributed by atoms with Gasteiger partial charge in [0.25, 0.3) is 30.4 Å². The summed E-state index contributed by atoms with van der Waals surface area (Å²) >= 11 is 2.26. The summed E-state index contributed by atoms with van der Waals surface area (Å²) in [5.41, 5.74) is 3.67. The lowest BCUT2D eigenvalue weighted by Gasteiger charge is -2.12. The van der Waals surface area contributed by atoms with Gasteiger partial charge in [-0.2, -0.15) is 35.6 Å². The van der Waals surface area contributed by atoms with Crippen molar-refractivity contribution in [3.05, 3.63) is 95.1 Å². The first-order chi connectivity index (χ1) is 35.0. The largest absolute Gasteiger partial charge is 0.493 e. The van der Waals surface area contributed by atoms with E-state index in [9.17, 15) is 54.1 Å². The van der Waals surface area contributed by atoms with Crippen molar-refractivity contribution in [1.29, 1.82) is 5.26 Å². The minimum atomic E-state index is -4.66. The Balaban J connectivity index is 1.16. The molecule has 23 nitrogen and oxygen atoms in total. The summed E-state index contributed by atoms with van der Waals surface area (Å²) in [6.45, 7) is 6.11. The Hall–Kier alpha value is -7.36. The fraction of sp³-hybridized carbons (Fsp3) is 0.217. The highest BCUT2D eigenvalue weighted by Gasteiger charge is 2.23. The number of aromatic hydroxyl groups is 1. The average Bonchev–Trinajstić information content (AvgIpc) is 3.92. The highest BCUT2D eigenvalue weighted by Crippen LogP contribution is 2.44. The SMILES string of the molecule is CC(=O)Nc1ccc2c(c1)nc1c(C#N)c(C)c(N=Nc3cc(C)c(N=Nc4cc(C)c(N=Nc5nc6c(S(=O)(=O)O)cc7ccccc7c6s5)cc4SCCCS(=O)(=O)O)cc3OCCCS(=O)(=O)O)c(O)n12. The number of aryl methyl sites for hydroxylation is 2. The van der Waals surface area contributed by atoms with E-state index >= 15 is 0 Å². The van der Waals surface area contributed by atoms with Crippen LogP contribution in [0.25, 0.3) is 37.7 Å². The van der Waals surface area contributed by atoms with Gasteiger partial charge in [0.2, 0.25) is 16.9 Å². The van der Waals surface area contributed by atoms with Crippen LogP contribution in [-0.2, 0) is 35.1 Å². The molecule has 0 atom stereocenters. The second kappa shape index (κ2) is 21.2. The maximum absolute atomic E-state index is 12.4. The molecule has 0 aliphatic carbocycles. The summed E-state index contributed by atoms with van der Waals surface area (Å²) in [4.78, 5) is 20.7. The number of nitrogens with zero attached hydrogens (tertiary/aromatic N) is 10. The molecular formula is C46H41N11O12S5. The molecule has 0 spiro atoms. The smallest absolute Gasteiger partial charge is 0.296 e. The number of amides is 1. The van der Waals surface area contributed by atoms with Gasteiger partial charge >= 0.3 is 0 Å². The lowest BCUT2D eigenvalue weighted by molar-refractivity contribution is -0.114. The summed E-state index contributed by atoms with van der Waals surface area (Å²) in [5, 5.41) is 52.4. The van der Waals surface area contributed by atoms with Crippen LogP contribution < -0.4 is 10.1 Å². The molecule has 0 radical (unpaired) electrons. The molecule has 5 N–H and O–H groups in total.